The molecule has 0 heterocycles. The van der Waals surface area contributed by atoms with Gasteiger partial charge in [-0.15, -0.1) is 0 Å². The molecule has 0 bridgehead atoms. The number of hydrogen-bond donors (Lipinski definition) is 2. The van der Waals surface area contributed by atoms with Crippen LogP contribution in [-0.2, 0) is 17.9 Å². The Hall–Kier alpha value is -3.40. The van der Waals surface area contributed by atoms with E-state index in [0.29, 0.717) is 24.2 Å². The molecule has 0 saturated heterocycles. The maximum atomic E-state index is 12.2. The molecule has 0 fully saturated rings. The molecule has 2 amide bonds. The molecule has 0 radical (unpaired) electrons. The molecule has 0 unspecified atom stereocenters. The largest absolute Gasteiger partial charge is 0.348 e. The van der Waals surface area contributed by atoms with E-state index in [1.54, 1.807) is 24.3 Å². The second-order valence-corrected chi connectivity index (χ2v) is 5.90. The summed E-state index contributed by atoms with van der Waals surface area (Å²) in [5.74, 6) is -0.287. The van der Waals surface area contributed by atoms with E-state index in [1.165, 1.54) is 6.08 Å². The van der Waals surface area contributed by atoms with E-state index in [1.807, 2.05) is 55.5 Å². The highest BCUT2D eigenvalue weighted by Gasteiger charge is 2.06. The van der Waals surface area contributed by atoms with Gasteiger partial charge in [-0.3, -0.25) is 9.59 Å². The Morgan fingerprint density at radius 3 is 2.26 bits per heavy atom. The van der Waals surface area contributed by atoms with E-state index >= 15 is 0 Å². The van der Waals surface area contributed by atoms with Crippen molar-refractivity contribution in [1.29, 1.82) is 0 Å². The van der Waals surface area contributed by atoms with Crippen molar-refractivity contribution >= 4 is 11.8 Å². The Morgan fingerprint density at radius 1 is 0.963 bits per heavy atom. The van der Waals surface area contributed by atoms with E-state index in [-0.39, 0.29) is 11.8 Å². The van der Waals surface area contributed by atoms with Crippen LogP contribution in [0.25, 0.3) is 0 Å². The number of carbonyl (C=O) groups excluding carboxylic acids is 2. The summed E-state index contributed by atoms with van der Waals surface area (Å²) in [7, 11) is 0. The smallest absolute Gasteiger partial charge is 0.251 e. The topological polar surface area (TPSA) is 58.2 Å². The van der Waals surface area contributed by atoms with Gasteiger partial charge in [0.15, 0.2) is 0 Å². The second kappa shape index (κ2) is 10.6. The van der Waals surface area contributed by atoms with Gasteiger partial charge in [0, 0.05) is 24.2 Å². The van der Waals surface area contributed by atoms with E-state index < -0.39 is 0 Å². The number of allylic oxidation sites excluding steroid dienone is 3. The zero-order valence-corrected chi connectivity index (χ0v) is 15.4. The van der Waals surface area contributed by atoms with Crippen LogP contribution >= 0.6 is 0 Å². The van der Waals surface area contributed by atoms with Crippen molar-refractivity contribution in [3.63, 3.8) is 0 Å². The number of carbonyl (C=O) groups is 2. The molecule has 2 N–H and O–H groups in total. The van der Waals surface area contributed by atoms with Crippen LogP contribution in [0.3, 0.4) is 0 Å². The number of rotatable bonds is 8. The zero-order chi connectivity index (χ0) is 19.5. The Labute approximate surface area is 160 Å². The van der Waals surface area contributed by atoms with Crippen molar-refractivity contribution in [2.24, 2.45) is 0 Å². The SMILES string of the molecule is C=C/C(=C\C=C/C)C(=O)NCc1cccc(CNC(=O)c2ccccc2)c1. The first-order chi connectivity index (χ1) is 13.1. The lowest BCUT2D eigenvalue weighted by Gasteiger charge is -2.09. The fourth-order valence-corrected chi connectivity index (χ4v) is 2.44. The molecule has 138 valence electrons. The molecule has 4 nitrogen and oxygen atoms in total. The first-order valence-electron chi connectivity index (χ1n) is 8.78. The summed E-state index contributed by atoms with van der Waals surface area (Å²) in [6, 6.07) is 16.9. The van der Waals surface area contributed by atoms with Gasteiger partial charge in [0.05, 0.1) is 0 Å². The highest BCUT2D eigenvalue weighted by atomic mass is 16.2. The van der Waals surface area contributed by atoms with Gasteiger partial charge in [0.2, 0.25) is 0 Å². The predicted octanol–water partition coefficient (Wildman–Crippen LogP) is 3.92. The highest BCUT2D eigenvalue weighted by molar-refractivity contribution is 5.96. The first-order valence-corrected chi connectivity index (χ1v) is 8.78. The molecule has 4 heteroatoms. The van der Waals surface area contributed by atoms with Crippen LogP contribution < -0.4 is 10.6 Å². The summed E-state index contributed by atoms with van der Waals surface area (Å²) in [4.78, 5) is 24.3. The minimum atomic E-state index is -0.175. The molecular weight excluding hydrogens is 336 g/mol. The average molecular weight is 360 g/mol. The third kappa shape index (κ3) is 6.44. The van der Waals surface area contributed by atoms with Crippen molar-refractivity contribution in [1.82, 2.24) is 10.6 Å². The molecular formula is C23H24N2O2. The van der Waals surface area contributed by atoms with Crippen LogP contribution in [0.2, 0.25) is 0 Å². The van der Waals surface area contributed by atoms with Gasteiger partial charge in [-0.1, -0.05) is 67.3 Å². The van der Waals surface area contributed by atoms with Gasteiger partial charge in [0.25, 0.3) is 11.8 Å². The molecule has 2 aromatic rings. The fraction of sp³-hybridized carbons (Fsp3) is 0.130. The van der Waals surface area contributed by atoms with Crippen LogP contribution in [-0.4, -0.2) is 11.8 Å². The summed E-state index contributed by atoms with van der Waals surface area (Å²) in [6.45, 7) is 6.38. The minimum absolute atomic E-state index is 0.112. The number of hydrogen-bond acceptors (Lipinski definition) is 2. The maximum absolute atomic E-state index is 12.2. The molecule has 0 aliphatic carbocycles. The number of amides is 2. The summed E-state index contributed by atoms with van der Waals surface area (Å²) in [5, 5.41) is 5.78. The average Bonchev–Trinajstić information content (AvgIpc) is 2.72. The van der Waals surface area contributed by atoms with Crippen LogP contribution in [0, 0.1) is 0 Å². The lowest BCUT2D eigenvalue weighted by Crippen LogP contribution is -2.24. The predicted molar refractivity (Wildman–Crippen MR) is 109 cm³/mol. The highest BCUT2D eigenvalue weighted by Crippen LogP contribution is 2.07. The van der Waals surface area contributed by atoms with E-state index in [2.05, 4.69) is 17.2 Å². The molecule has 0 saturated carbocycles. The van der Waals surface area contributed by atoms with E-state index in [9.17, 15) is 9.59 Å². The normalized spacial score (nSPS) is 11.2. The van der Waals surface area contributed by atoms with Gasteiger partial charge in [-0.2, -0.15) is 0 Å². The number of benzene rings is 2. The molecule has 0 aromatic heterocycles. The lowest BCUT2D eigenvalue weighted by atomic mass is 10.1. The standard InChI is InChI=1S/C23H24N2O2/c1-3-5-12-20(4-2)22(26)24-16-18-10-9-11-19(15-18)17-25-23(27)21-13-7-6-8-14-21/h3-15H,2,16-17H2,1H3,(H,24,26)(H,25,27)/b5-3-,20-12+. The minimum Gasteiger partial charge on any atom is -0.348 e. The summed E-state index contributed by atoms with van der Waals surface area (Å²) >= 11 is 0. The summed E-state index contributed by atoms with van der Waals surface area (Å²) in [5.41, 5.74) is 3.08. The zero-order valence-electron chi connectivity index (χ0n) is 15.4. The van der Waals surface area contributed by atoms with Crippen molar-refractivity contribution in [3.05, 3.63) is 108 Å². The number of nitrogens with one attached hydrogen (secondary N) is 2. The molecule has 0 aliphatic rings. The Balaban J connectivity index is 1.92. The van der Waals surface area contributed by atoms with Crippen LogP contribution in [0.15, 0.2) is 91.1 Å². The third-order valence-electron chi connectivity index (χ3n) is 3.88. The van der Waals surface area contributed by atoms with Crippen molar-refractivity contribution < 1.29 is 9.59 Å². The molecule has 27 heavy (non-hydrogen) atoms. The fourth-order valence-electron chi connectivity index (χ4n) is 2.44. The molecule has 2 rings (SSSR count). The second-order valence-electron chi connectivity index (χ2n) is 5.90. The lowest BCUT2D eigenvalue weighted by molar-refractivity contribution is -0.117. The van der Waals surface area contributed by atoms with Gasteiger partial charge in [-0.05, 0) is 36.3 Å². The van der Waals surface area contributed by atoms with Gasteiger partial charge in [0.1, 0.15) is 0 Å². The van der Waals surface area contributed by atoms with Crippen molar-refractivity contribution in [2.45, 2.75) is 20.0 Å². The van der Waals surface area contributed by atoms with Gasteiger partial charge >= 0.3 is 0 Å². The quantitative estimate of drug-likeness (QED) is 0.554. The Morgan fingerprint density at radius 2 is 1.63 bits per heavy atom. The monoisotopic (exact) mass is 360 g/mol. The third-order valence-corrected chi connectivity index (χ3v) is 3.88. The van der Waals surface area contributed by atoms with Crippen LogP contribution in [0.1, 0.15) is 28.4 Å². The first kappa shape index (κ1) is 19.9. The van der Waals surface area contributed by atoms with E-state index in [0.717, 1.165) is 11.1 Å². The maximum Gasteiger partial charge on any atom is 0.251 e. The van der Waals surface area contributed by atoms with Gasteiger partial charge < -0.3 is 10.6 Å². The van der Waals surface area contributed by atoms with Crippen LogP contribution in [0.5, 0.6) is 0 Å². The van der Waals surface area contributed by atoms with Crippen molar-refractivity contribution in [2.75, 3.05) is 0 Å². The molecule has 0 spiro atoms. The summed E-state index contributed by atoms with van der Waals surface area (Å²) in [6.07, 6.45) is 6.90. The van der Waals surface area contributed by atoms with Crippen LogP contribution in [0.4, 0.5) is 0 Å². The molecule has 0 atom stereocenters. The summed E-state index contributed by atoms with van der Waals surface area (Å²) < 4.78 is 0. The Bertz CT molecular complexity index is 852. The van der Waals surface area contributed by atoms with E-state index in [4.69, 9.17) is 0 Å². The molecule has 0 aliphatic heterocycles. The van der Waals surface area contributed by atoms with Gasteiger partial charge in [-0.25, -0.2) is 0 Å². The molecule has 2 aromatic carbocycles. The Kier molecular flexibility index (Phi) is 7.79. The van der Waals surface area contributed by atoms with Crippen molar-refractivity contribution in [3.8, 4) is 0 Å².